The summed E-state index contributed by atoms with van der Waals surface area (Å²) in [7, 11) is 2.14. The second kappa shape index (κ2) is 6.44. The molecule has 1 aliphatic carbocycles. The van der Waals surface area contributed by atoms with E-state index in [1.54, 1.807) is 0 Å². The van der Waals surface area contributed by atoms with E-state index in [9.17, 15) is 0 Å². The molecule has 1 fully saturated rings. The van der Waals surface area contributed by atoms with Crippen LogP contribution in [0.2, 0.25) is 0 Å². The van der Waals surface area contributed by atoms with Crippen LogP contribution in [0.1, 0.15) is 58.8 Å². The number of rotatable bonds is 4. The van der Waals surface area contributed by atoms with Crippen molar-refractivity contribution in [1.82, 2.24) is 5.32 Å². The molecule has 1 heteroatoms. The van der Waals surface area contributed by atoms with Gasteiger partial charge in [0.15, 0.2) is 0 Å². The topological polar surface area (TPSA) is 12.0 Å². The molecular weight excluding hydrogens is 170 g/mol. The average molecular weight is 197 g/mol. The molecule has 1 aliphatic rings. The van der Waals surface area contributed by atoms with E-state index in [0.29, 0.717) is 0 Å². The van der Waals surface area contributed by atoms with Gasteiger partial charge < -0.3 is 5.32 Å². The zero-order valence-corrected chi connectivity index (χ0v) is 10.2. The van der Waals surface area contributed by atoms with Gasteiger partial charge in [-0.1, -0.05) is 39.5 Å². The molecule has 0 heterocycles. The molecule has 84 valence electrons. The van der Waals surface area contributed by atoms with Gasteiger partial charge in [0.2, 0.25) is 0 Å². The molecule has 0 bridgehead atoms. The lowest BCUT2D eigenvalue weighted by Crippen LogP contribution is -2.34. The maximum Gasteiger partial charge on any atom is 0.00947 e. The lowest BCUT2D eigenvalue weighted by molar-refractivity contribution is 0.293. The van der Waals surface area contributed by atoms with E-state index in [-0.39, 0.29) is 0 Å². The Morgan fingerprint density at radius 3 is 2.07 bits per heavy atom. The molecule has 0 saturated heterocycles. The highest BCUT2D eigenvalue weighted by molar-refractivity contribution is 4.78. The summed E-state index contributed by atoms with van der Waals surface area (Å²) >= 11 is 0. The van der Waals surface area contributed by atoms with Gasteiger partial charge in [0.05, 0.1) is 0 Å². The molecule has 0 spiro atoms. The van der Waals surface area contributed by atoms with Crippen molar-refractivity contribution in [2.75, 3.05) is 7.05 Å². The summed E-state index contributed by atoms with van der Waals surface area (Å²) in [6.45, 7) is 4.67. The quantitative estimate of drug-likeness (QED) is 0.679. The third-order valence-electron chi connectivity index (χ3n) is 3.56. The minimum Gasteiger partial charge on any atom is -0.317 e. The van der Waals surface area contributed by atoms with Gasteiger partial charge in [0.25, 0.3) is 0 Å². The van der Waals surface area contributed by atoms with E-state index in [1.165, 1.54) is 44.9 Å². The number of hydrogen-bond acceptors (Lipinski definition) is 1. The van der Waals surface area contributed by atoms with E-state index in [4.69, 9.17) is 0 Å². The highest BCUT2D eigenvalue weighted by Crippen LogP contribution is 2.27. The fraction of sp³-hybridized carbons (Fsp3) is 1.00. The highest BCUT2D eigenvalue weighted by Gasteiger charge is 2.21. The van der Waals surface area contributed by atoms with Crippen molar-refractivity contribution in [2.24, 2.45) is 11.8 Å². The van der Waals surface area contributed by atoms with Crippen molar-refractivity contribution in [3.63, 3.8) is 0 Å². The molecule has 1 N–H and O–H groups in total. The van der Waals surface area contributed by atoms with E-state index in [1.807, 2.05) is 0 Å². The Hall–Kier alpha value is -0.0400. The molecule has 1 nitrogen and oxygen atoms in total. The SMILES string of the molecule is CNC(CC(C)C)C1CCCCCC1. The number of hydrogen-bond donors (Lipinski definition) is 1. The second-order valence-corrected chi connectivity index (χ2v) is 5.28. The normalized spacial score (nSPS) is 22.3. The van der Waals surface area contributed by atoms with Crippen LogP contribution in [0.15, 0.2) is 0 Å². The molecule has 0 aromatic rings. The smallest absolute Gasteiger partial charge is 0.00947 e. The summed E-state index contributed by atoms with van der Waals surface area (Å²) in [5.74, 6) is 1.78. The summed E-state index contributed by atoms with van der Waals surface area (Å²) < 4.78 is 0. The summed E-state index contributed by atoms with van der Waals surface area (Å²) in [6, 6.07) is 0.771. The first-order valence-corrected chi connectivity index (χ1v) is 6.41. The predicted octanol–water partition coefficient (Wildman–Crippen LogP) is 3.59. The van der Waals surface area contributed by atoms with Gasteiger partial charge in [-0.2, -0.15) is 0 Å². The van der Waals surface area contributed by atoms with Gasteiger partial charge in [-0.3, -0.25) is 0 Å². The minimum absolute atomic E-state index is 0.771. The molecule has 0 radical (unpaired) electrons. The van der Waals surface area contributed by atoms with Gasteiger partial charge >= 0.3 is 0 Å². The van der Waals surface area contributed by atoms with E-state index >= 15 is 0 Å². The molecule has 0 aromatic heterocycles. The summed E-state index contributed by atoms with van der Waals surface area (Å²) in [4.78, 5) is 0. The second-order valence-electron chi connectivity index (χ2n) is 5.28. The van der Waals surface area contributed by atoms with Crippen LogP contribution in [0, 0.1) is 11.8 Å². The highest BCUT2D eigenvalue weighted by atomic mass is 14.9. The van der Waals surface area contributed by atoms with Crippen LogP contribution in [0.5, 0.6) is 0 Å². The molecule has 1 saturated carbocycles. The van der Waals surface area contributed by atoms with Crippen molar-refractivity contribution >= 4 is 0 Å². The monoisotopic (exact) mass is 197 g/mol. The maximum absolute atomic E-state index is 3.53. The summed E-state index contributed by atoms with van der Waals surface area (Å²) in [5.41, 5.74) is 0. The molecule has 14 heavy (non-hydrogen) atoms. The van der Waals surface area contributed by atoms with Gasteiger partial charge in [0, 0.05) is 6.04 Å². The Balaban J connectivity index is 2.40. The van der Waals surface area contributed by atoms with Gasteiger partial charge in [-0.15, -0.1) is 0 Å². The fourth-order valence-corrected chi connectivity index (χ4v) is 2.77. The largest absolute Gasteiger partial charge is 0.317 e. The molecule has 0 amide bonds. The van der Waals surface area contributed by atoms with Crippen LogP contribution in [0.3, 0.4) is 0 Å². The Bertz CT molecular complexity index is 134. The van der Waals surface area contributed by atoms with Crippen molar-refractivity contribution in [1.29, 1.82) is 0 Å². The molecule has 1 rings (SSSR count). The van der Waals surface area contributed by atoms with E-state index in [0.717, 1.165) is 17.9 Å². The van der Waals surface area contributed by atoms with Gasteiger partial charge in [-0.05, 0) is 38.1 Å². The van der Waals surface area contributed by atoms with Crippen LogP contribution >= 0.6 is 0 Å². The maximum atomic E-state index is 3.53. The first kappa shape index (κ1) is 12.0. The molecular formula is C13H27N. The number of nitrogens with one attached hydrogen (secondary N) is 1. The third kappa shape index (κ3) is 4.00. The van der Waals surface area contributed by atoms with Crippen LogP contribution in [-0.2, 0) is 0 Å². The van der Waals surface area contributed by atoms with Crippen molar-refractivity contribution < 1.29 is 0 Å². The Morgan fingerprint density at radius 2 is 1.64 bits per heavy atom. The van der Waals surface area contributed by atoms with E-state index in [2.05, 4.69) is 26.2 Å². The van der Waals surface area contributed by atoms with Crippen molar-refractivity contribution in [2.45, 2.75) is 64.8 Å². The van der Waals surface area contributed by atoms with Crippen molar-refractivity contribution in [3.05, 3.63) is 0 Å². The first-order chi connectivity index (χ1) is 6.74. The molecule has 0 aliphatic heterocycles. The molecule has 1 unspecified atom stereocenters. The first-order valence-electron chi connectivity index (χ1n) is 6.41. The Morgan fingerprint density at radius 1 is 1.07 bits per heavy atom. The van der Waals surface area contributed by atoms with Crippen LogP contribution in [0.4, 0.5) is 0 Å². The van der Waals surface area contributed by atoms with Crippen molar-refractivity contribution in [3.8, 4) is 0 Å². The summed E-state index contributed by atoms with van der Waals surface area (Å²) in [6.07, 6.45) is 10.1. The lowest BCUT2D eigenvalue weighted by atomic mass is 9.87. The van der Waals surface area contributed by atoms with Crippen LogP contribution in [-0.4, -0.2) is 13.1 Å². The van der Waals surface area contributed by atoms with Crippen LogP contribution in [0.25, 0.3) is 0 Å². The minimum atomic E-state index is 0.771. The average Bonchev–Trinajstić information content (AvgIpc) is 2.41. The fourth-order valence-electron chi connectivity index (χ4n) is 2.77. The van der Waals surface area contributed by atoms with Gasteiger partial charge in [0.1, 0.15) is 0 Å². The zero-order chi connectivity index (χ0) is 10.4. The predicted molar refractivity (Wildman–Crippen MR) is 63.5 cm³/mol. The van der Waals surface area contributed by atoms with Crippen LogP contribution < -0.4 is 5.32 Å². The molecule has 0 aromatic carbocycles. The van der Waals surface area contributed by atoms with E-state index < -0.39 is 0 Å². The standard InChI is InChI=1S/C13H27N/c1-11(2)10-13(14-3)12-8-6-4-5-7-9-12/h11-14H,4-10H2,1-3H3. The Kier molecular flexibility index (Phi) is 5.54. The van der Waals surface area contributed by atoms with Gasteiger partial charge in [-0.25, -0.2) is 0 Å². The lowest BCUT2D eigenvalue weighted by Gasteiger charge is -2.27. The summed E-state index contributed by atoms with van der Waals surface area (Å²) in [5, 5.41) is 3.53. The third-order valence-corrected chi connectivity index (χ3v) is 3.56. The Labute approximate surface area is 89.7 Å². The zero-order valence-electron chi connectivity index (χ0n) is 10.2. The molecule has 1 atom stereocenters.